The number of rotatable bonds is 4. The average molecular weight is 432 g/mol. The second-order valence-corrected chi connectivity index (χ2v) is 10.7. The first kappa shape index (κ1) is 21.7. The largest absolute Gasteiger partial charge is 0.458 e. The number of benzene rings is 1. The lowest BCUT2D eigenvalue weighted by Gasteiger charge is -2.38. The number of nitro groups is 2. The van der Waals surface area contributed by atoms with Crippen molar-refractivity contribution in [3.8, 4) is 0 Å². The maximum atomic E-state index is 13.0. The zero-order valence-corrected chi connectivity index (χ0v) is 18.2. The van der Waals surface area contributed by atoms with E-state index in [1.54, 1.807) is 0 Å². The highest BCUT2D eigenvalue weighted by atomic mass is 16.6. The monoisotopic (exact) mass is 432 g/mol. The molecule has 0 aromatic heterocycles. The summed E-state index contributed by atoms with van der Waals surface area (Å²) in [7, 11) is 0. The van der Waals surface area contributed by atoms with Crippen LogP contribution < -0.4 is 0 Å². The van der Waals surface area contributed by atoms with Crippen LogP contribution in [0, 0.1) is 48.8 Å². The van der Waals surface area contributed by atoms with Gasteiger partial charge in [0.25, 0.3) is 11.4 Å². The van der Waals surface area contributed by atoms with E-state index in [1.165, 1.54) is 0 Å². The van der Waals surface area contributed by atoms with Gasteiger partial charge in [0.05, 0.1) is 27.1 Å². The Bertz CT molecular complexity index is 940. The third-order valence-electron chi connectivity index (χ3n) is 8.12. The van der Waals surface area contributed by atoms with Gasteiger partial charge in [0.15, 0.2) is 0 Å². The number of ether oxygens (including phenoxy) is 1. The molecule has 0 bridgehead atoms. The van der Waals surface area contributed by atoms with Crippen LogP contribution >= 0.6 is 0 Å². The van der Waals surface area contributed by atoms with Crippen LogP contribution in [0.1, 0.15) is 63.7 Å². The molecule has 0 aliphatic heterocycles. The van der Waals surface area contributed by atoms with E-state index in [0.29, 0.717) is 12.3 Å². The minimum atomic E-state index is -0.794. The zero-order valence-electron chi connectivity index (χ0n) is 18.2. The fourth-order valence-electron chi connectivity index (χ4n) is 6.29. The first-order valence-electron chi connectivity index (χ1n) is 10.6. The lowest BCUT2D eigenvalue weighted by atomic mass is 9.71. The number of fused-ring (bicyclic) bond motifs is 3. The van der Waals surface area contributed by atoms with Crippen molar-refractivity contribution in [2.75, 3.05) is 0 Å². The van der Waals surface area contributed by atoms with Crippen molar-refractivity contribution in [1.29, 1.82) is 0 Å². The van der Waals surface area contributed by atoms with Gasteiger partial charge >= 0.3 is 5.97 Å². The Morgan fingerprint density at radius 1 is 1.00 bits per heavy atom. The number of nitrogens with zero attached hydrogens (tertiary/aromatic N) is 2. The molecule has 0 saturated heterocycles. The standard InChI is InChI=1S/C22H28N2O7/c1-20(2)10-16-15(5-6-22(16,4)26)21(3)11-17(21)18(20)31-19(25)12-7-13(23(27)28)9-14(8-12)24(29)30/h7-9,15-18,26H,5-6,10-11H2,1-4H3/t15-,16+,17+,18-,21+,22-/m1/s1. The summed E-state index contributed by atoms with van der Waals surface area (Å²) in [5.41, 5.74) is -2.45. The van der Waals surface area contributed by atoms with Gasteiger partial charge in [-0.2, -0.15) is 0 Å². The maximum absolute atomic E-state index is 13.0. The minimum Gasteiger partial charge on any atom is -0.458 e. The Kier molecular flexibility index (Phi) is 4.70. The number of carbonyl (C=O) groups excluding carboxylic acids is 1. The predicted molar refractivity (Wildman–Crippen MR) is 110 cm³/mol. The van der Waals surface area contributed by atoms with Crippen molar-refractivity contribution >= 4 is 17.3 Å². The molecule has 0 heterocycles. The Hall–Kier alpha value is -2.55. The number of hydrogen-bond donors (Lipinski definition) is 1. The molecule has 3 aliphatic rings. The SMILES string of the molecule is CC1(C)C[C@H]2[C@@H](CC[C@@]2(C)O)[C@]2(C)C[C@H]2[C@H]1OC(=O)c1cc([N+](=O)[O-])cc([N+](=O)[O-])c1. The predicted octanol–water partition coefficient (Wildman–Crippen LogP) is 4.26. The lowest BCUT2D eigenvalue weighted by molar-refractivity contribution is -0.394. The van der Waals surface area contributed by atoms with Crippen LogP contribution in [0.4, 0.5) is 11.4 Å². The van der Waals surface area contributed by atoms with Crippen LogP contribution in [0.3, 0.4) is 0 Å². The number of nitro benzene ring substituents is 2. The smallest absolute Gasteiger partial charge is 0.338 e. The molecule has 6 atom stereocenters. The fourth-order valence-corrected chi connectivity index (χ4v) is 6.29. The molecule has 0 spiro atoms. The molecule has 31 heavy (non-hydrogen) atoms. The number of esters is 1. The van der Waals surface area contributed by atoms with Gasteiger partial charge in [-0.25, -0.2) is 4.79 Å². The summed E-state index contributed by atoms with van der Waals surface area (Å²) in [4.78, 5) is 33.8. The number of non-ortho nitro benzene ring substituents is 2. The van der Waals surface area contributed by atoms with Gasteiger partial charge in [-0.1, -0.05) is 20.8 Å². The molecule has 3 aliphatic carbocycles. The zero-order chi connectivity index (χ0) is 22.9. The summed E-state index contributed by atoms with van der Waals surface area (Å²) in [6, 6.07) is 2.86. The molecule has 3 fully saturated rings. The topological polar surface area (TPSA) is 133 Å². The Balaban J connectivity index is 1.65. The van der Waals surface area contributed by atoms with Gasteiger partial charge in [-0.15, -0.1) is 0 Å². The number of aliphatic hydroxyl groups is 1. The van der Waals surface area contributed by atoms with Crippen molar-refractivity contribution in [3.05, 3.63) is 44.0 Å². The van der Waals surface area contributed by atoms with E-state index in [0.717, 1.165) is 37.5 Å². The van der Waals surface area contributed by atoms with Gasteiger partial charge in [0.2, 0.25) is 0 Å². The van der Waals surface area contributed by atoms with Crippen molar-refractivity contribution in [3.63, 3.8) is 0 Å². The first-order valence-corrected chi connectivity index (χ1v) is 10.6. The van der Waals surface area contributed by atoms with Crippen LogP contribution in [0.2, 0.25) is 0 Å². The molecule has 1 N–H and O–H groups in total. The highest BCUT2D eigenvalue weighted by molar-refractivity contribution is 5.91. The van der Waals surface area contributed by atoms with E-state index in [2.05, 4.69) is 6.92 Å². The Morgan fingerprint density at radius 3 is 2.13 bits per heavy atom. The highest BCUT2D eigenvalue weighted by Gasteiger charge is 2.69. The van der Waals surface area contributed by atoms with Crippen molar-refractivity contribution in [2.24, 2.45) is 28.6 Å². The first-order chi connectivity index (χ1) is 14.3. The summed E-state index contributed by atoms with van der Waals surface area (Å²) in [5, 5.41) is 33.3. The Labute approximate surface area is 180 Å². The molecule has 0 radical (unpaired) electrons. The molecule has 0 amide bonds. The van der Waals surface area contributed by atoms with Gasteiger partial charge in [0, 0.05) is 23.5 Å². The summed E-state index contributed by atoms with van der Waals surface area (Å²) in [5.74, 6) is -0.198. The van der Waals surface area contributed by atoms with Crippen LogP contribution in [-0.2, 0) is 4.74 Å². The van der Waals surface area contributed by atoms with Crippen LogP contribution in [-0.4, -0.2) is 32.6 Å². The van der Waals surface area contributed by atoms with E-state index in [1.807, 2.05) is 20.8 Å². The molecule has 168 valence electrons. The molecule has 9 heteroatoms. The molecule has 1 aromatic carbocycles. The van der Waals surface area contributed by atoms with Crippen molar-refractivity contribution in [1.82, 2.24) is 0 Å². The van der Waals surface area contributed by atoms with E-state index in [4.69, 9.17) is 4.74 Å². The Morgan fingerprint density at radius 2 is 1.58 bits per heavy atom. The van der Waals surface area contributed by atoms with E-state index in [9.17, 15) is 30.1 Å². The minimum absolute atomic E-state index is 0.0292. The van der Waals surface area contributed by atoms with Gasteiger partial charge in [-0.05, 0) is 49.9 Å². The molecular formula is C22H28N2O7. The van der Waals surface area contributed by atoms with E-state index in [-0.39, 0.29) is 22.8 Å². The van der Waals surface area contributed by atoms with E-state index < -0.39 is 44.3 Å². The second kappa shape index (κ2) is 6.72. The second-order valence-electron chi connectivity index (χ2n) is 10.7. The number of hydrogen-bond acceptors (Lipinski definition) is 7. The maximum Gasteiger partial charge on any atom is 0.338 e. The summed E-state index contributed by atoms with van der Waals surface area (Å²) < 4.78 is 5.93. The molecule has 9 nitrogen and oxygen atoms in total. The fraction of sp³-hybridized carbons (Fsp3) is 0.682. The quantitative estimate of drug-likeness (QED) is 0.427. The van der Waals surface area contributed by atoms with Crippen LogP contribution in [0.25, 0.3) is 0 Å². The summed E-state index contributed by atoms with van der Waals surface area (Å²) in [6.07, 6.45) is 2.86. The normalized spacial score (nSPS) is 37.8. The van der Waals surface area contributed by atoms with Gasteiger partial charge < -0.3 is 9.84 Å². The van der Waals surface area contributed by atoms with Crippen molar-refractivity contribution < 1.29 is 24.5 Å². The summed E-state index contributed by atoms with van der Waals surface area (Å²) in [6.45, 7) is 8.13. The number of carbonyl (C=O) groups is 1. The third kappa shape index (κ3) is 3.48. The molecular weight excluding hydrogens is 404 g/mol. The third-order valence-corrected chi connectivity index (χ3v) is 8.12. The van der Waals surface area contributed by atoms with Crippen LogP contribution in [0.5, 0.6) is 0 Å². The lowest BCUT2D eigenvalue weighted by Crippen LogP contribution is -2.40. The average Bonchev–Trinajstić information content (AvgIpc) is 3.26. The van der Waals surface area contributed by atoms with Crippen LogP contribution in [0.15, 0.2) is 18.2 Å². The van der Waals surface area contributed by atoms with Gasteiger partial charge in [0.1, 0.15) is 6.10 Å². The van der Waals surface area contributed by atoms with Gasteiger partial charge in [-0.3, -0.25) is 20.2 Å². The molecule has 3 saturated carbocycles. The van der Waals surface area contributed by atoms with E-state index >= 15 is 0 Å². The molecule has 0 unspecified atom stereocenters. The van der Waals surface area contributed by atoms with Crippen molar-refractivity contribution in [2.45, 2.75) is 65.1 Å². The highest BCUT2D eigenvalue weighted by Crippen LogP contribution is 2.71. The summed E-state index contributed by atoms with van der Waals surface area (Å²) >= 11 is 0. The molecule has 1 aromatic rings. The molecule has 4 rings (SSSR count).